The minimum atomic E-state index is 0.499. The first-order valence-corrected chi connectivity index (χ1v) is 5.64. The van der Waals surface area contributed by atoms with Gasteiger partial charge >= 0.3 is 0 Å². The van der Waals surface area contributed by atoms with Gasteiger partial charge in [-0.05, 0) is 36.4 Å². The molecule has 6 heteroatoms. The van der Waals surface area contributed by atoms with Crippen LogP contribution in [-0.2, 0) is 6.54 Å². The summed E-state index contributed by atoms with van der Waals surface area (Å²) in [4.78, 5) is 4.37. The molecule has 2 heterocycles. The molecule has 0 saturated carbocycles. The van der Waals surface area contributed by atoms with E-state index >= 15 is 0 Å². The van der Waals surface area contributed by atoms with E-state index in [1.807, 2.05) is 19.1 Å². The lowest BCUT2D eigenvalue weighted by Gasteiger charge is -2.02. The zero-order chi connectivity index (χ0) is 11.5. The number of hydrogen-bond acceptors (Lipinski definition) is 6. The maximum atomic E-state index is 5.60. The lowest BCUT2D eigenvalue weighted by Crippen LogP contribution is -1.98. The fourth-order valence-electron chi connectivity index (χ4n) is 1.29. The third-order valence-corrected chi connectivity index (χ3v) is 2.68. The van der Waals surface area contributed by atoms with E-state index in [0.717, 1.165) is 16.3 Å². The molecule has 0 unspecified atom stereocenters. The molecular weight excluding hydrogens is 224 g/mol. The van der Waals surface area contributed by atoms with Gasteiger partial charge in [-0.2, -0.15) is 0 Å². The molecule has 5 nitrogen and oxygen atoms in total. The smallest absolute Gasteiger partial charge is 0.282 e. The molecule has 16 heavy (non-hydrogen) atoms. The maximum absolute atomic E-state index is 5.60. The molecule has 2 aromatic heterocycles. The Morgan fingerprint density at radius 2 is 2.12 bits per heavy atom. The van der Waals surface area contributed by atoms with E-state index in [2.05, 4.69) is 15.2 Å². The molecule has 0 fully saturated rings. The summed E-state index contributed by atoms with van der Waals surface area (Å²) >= 11 is 1.35. The molecule has 2 N–H and O–H groups in total. The molecule has 0 saturated heterocycles. The topological polar surface area (TPSA) is 77.8 Å². The van der Waals surface area contributed by atoms with Gasteiger partial charge in [0.15, 0.2) is 0 Å². The average Bonchev–Trinajstić information content (AvgIpc) is 2.63. The Labute approximate surface area is 97.5 Å². The largest absolute Gasteiger partial charge is 0.416 e. The Morgan fingerprint density at radius 3 is 2.75 bits per heavy atom. The molecule has 0 radical (unpaired) electrons. The van der Waals surface area contributed by atoms with Crippen molar-refractivity contribution in [2.24, 2.45) is 5.73 Å². The number of aryl methyl sites for hydroxylation is 2. The van der Waals surface area contributed by atoms with Crippen LogP contribution in [0.5, 0.6) is 0 Å². The van der Waals surface area contributed by atoms with Gasteiger partial charge in [0.1, 0.15) is 5.03 Å². The van der Waals surface area contributed by atoms with Crippen LogP contribution in [0.25, 0.3) is 0 Å². The second-order valence-corrected chi connectivity index (χ2v) is 4.32. The van der Waals surface area contributed by atoms with Crippen LogP contribution in [-0.4, -0.2) is 15.2 Å². The van der Waals surface area contributed by atoms with Crippen molar-refractivity contribution in [3.63, 3.8) is 0 Å². The van der Waals surface area contributed by atoms with E-state index < -0.39 is 0 Å². The molecule has 0 amide bonds. The molecule has 0 aliphatic rings. The molecule has 0 bridgehead atoms. The van der Waals surface area contributed by atoms with Gasteiger partial charge in [-0.3, -0.25) is 0 Å². The van der Waals surface area contributed by atoms with Crippen molar-refractivity contribution in [3.8, 4) is 0 Å². The summed E-state index contributed by atoms with van der Waals surface area (Å²) in [6.45, 7) is 4.19. The Kier molecular flexibility index (Phi) is 3.21. The van der Waals surface area contributed by atoms with Crippen LogP contribution in [0.4, 0.5) is 0 Å². The van der Waals surface area contributed by atoms with Crippen LogP contribution in [0.2, 0.25) is 0 Å². The Balaban J connectivity index is 2.24. The normalized spacial score (nSPS) is 10.7. The molecule has 2 rings (SSSR count). The predicted molar refractivity (Wildman–Crippen MR) is 60.0 cm³/mol. The second-order valence-electron chi connectivity index (χ2n) is 3.35. The van der Waals surface area contributed by atoms with Crippen molar-refractivity contribution in [2.45, 2.75) is 30.6 Å². The minimum Gasteiger partial charge on any atom is -0.416 e. The number of rotatable bonds is 3. The molecule has 2 aromatic rings. The summed E-state index contributed by atoms with van der Waals surface area (Å²) < 4.78 is 5.27. The van der Waals surface area contributed by atoms with E-state index in [1.165, 1.54) is 11.8 Å². The third-order valence-electron chi connectivity index (χ3n) is 1.92. The first kappa shape index (κ1) is 11.1. The summed E-state index contributed by atoms with van der Waals surface area (Å²) in [5.74, 6) is 0.550. The van der Waals surface area contributed by atoms with E-state index in [9.17, 15) is 0 Å². The Hall–Kier alpha value is -1.40. The Morgan fingerprint density at radius 1 is 1.31 bits per heavy atom. The van der Waals surface area contributed by atoms with Crippen molar-refractivity contribution < 1.29 is 4.42 Å². The molecule has 0 atom stereocenters. The van der Waals surface area contributed by atoms with Gasteiger partial charge in [-0.1, -0.05) is 0 Å². The van der Waals surface area contributed by atoms with Crippen molar-refractivity contribution in [1.29, 1.82) is 0 Å². The highest BCUT2D eigenvalue weighted by molar-refractivity contribution is 7.99. The van der Waals surface area contributed by atoms with Gasteiger partial charge in [-0.25, -0.2) is 4.98 Å². The predicted octanol–water partition coefficient (Wildman–Crippen LogP) is 1.69. The molecule has 0 aromatic carbocycles. The lowest BCUT2D eigenvalue weighted by molar-refractivity contribution is 0.429. The van der Waals surface area contributed by atoms with E-state index in [0.29, 0.717) is 17.7 Å². The summed E-state index contributed by atoms with van der Waals surface area (Å²) in [5, 5.41) is 8.98. The fourth-order valence-corrected chi connectivity index (χ4v) is 2.11. The summed E-state index contributed by atoms with van der Waals surface area (Å²) in [5.41, 5.74) is 7.58. The number of nitrogens with two attached hydrogens (primary N) is 1. The first-order chi connectivity index (χ1) is 7.67. The number of hydrogen-bond donors (Lipinski definition) is 1. The van der Waals surface area contributed by atoms with Crippen molar-refractivity contribution in [1.82, 2.24) is 15.2 Å². The van der Waals surface area contributed by atoms with Crippen molar-refractivity contribution in [3.05, 3.63) is 29.3 Å². The summed E-state index contributed by atoms with van der Waals surface area (Å²) in [7, 11) is 0. The number of nitrogens with zero attached hydrogens (tertiary/aromatic N) is 3. The second kappa shape index (κ2) is 4.63. The Bertz CT molecular complexity index is 497. The summed E-state index contributed by atoms with van der Waals surface area (Å²) in [6, 6.07) is 3.89. The quantitative estimate of drug-likeness (QED) is 0.873. The van der Waals surface area contributed by atoms with Crippen molar-refractivity contribution in [2.75, 3.05) is 0 Å². The SMILES string of the molecule is Cc1cc(CN)cc(Sc2nnc(C)o2)n1. The first-order valence-electron chi connectivity index (χ1n) is 4.83. The highest BCUT2D eigenvalue weighted by atomic mass is 32.2. The van der Waals surface area contributed by atoms with Crippen LogP contribution in [0.3, 0.4) is 0 Å². The monoisotopic (exact) mass is 236 g/mol. The van der Waals surface area contributed by atoms with Gasteiger partial charge in [-0.15, -0.1) is 10.2 Å². The number of pyridine rings is 1. The lowest BCUT2D eigenvalue weighted by atomic mass is 10.2. The molecule has 84 valence electrons. The van der Waals surface area contributed by atoms with Gasteiger partial charge in [0.05, 0.1) is 0 Å². The molecule has 0 aliphatic carbocycles. The van der Waals surface area contributed by atoms with Gasteiger partial charge < -0.3 is 10.2 Å². The van der Waals surface area contributed by atoms with E-state index in [-0.39, 0.29) is 0 Å². The zero-order valence-corrected chi connectivity index (χ0v) is 9.91. The van der Waals surface area contributed by atoms with Crippen LogP contribution in [0, 0.1) is 13.8 Å². The van der Waals surface area contributed by atoms with Crippen LogP contribution < -0.4 is 5.73 Å². The molecule has 0 aliphatic heterocycles. The van der Waals surface area contributed by atoms with Crippen LogP contribution >= 0.6 is 11.8 Å². The maximum Gasteiger partial charge on any atom is 0.282 e. The minimum absolute atomic E-state index is 0.499. The van der Waals surface area contributed by atoms with E-state index in [1.54, 1.807) is 6.92 Å². The standard InChI is InChI=1S/C10H12N4OS/c1-6-3-8(5-11)4-9(12-6)16-10-14-13-7(2)15-10/h3-4H,5,11H2,1-2H3. The van der Waals surface area contributed by atoms with Crippen LogP contribution in [0.15, 0.2) is 26.8 Å². The van der Waals surface area contributed by atoms with Gasteiger partial charge in [0.2, 0.25) is 5.89 Å². The molecular formula is C10H12N4OS. The third kappa shape index (κ3) is 2.59. The van der Waals surface area contributed by atoms with Gasteiger partial charge in [0, 0.05) is 19.2 Å². The average molecular weight is 236 g/mol. The van der Waals surface area contributed by atoms with Gasteiger partial charge in [0.25, 0.3) is 5.22 Å². The van der Waals surface area contributed by atoms with Crippen molar-refractivity contribution >= 4 is 11.8 Å². The highest BCUT2D eigenvalue weighted by Crippen LogP contribution is 2.25. The zero-order valence-electron chi connectivity index (χ0n) is 9.10. The molecule has 0 spiro atoms. The fraction of sp³-hybridized carbons (Fsp3) is 0.300. The van der Waals surface area contributed by atoms with E-state index in [4.69, 9.17) is 10.2 Å². The summed E-state index contributed by atoms with van der Waals surface area (Å²) in [6.07, 6.45) is 0. The van der Waals surface area contributed by atoms with Crippen LogP contribution in [0.1, 0.15) is 17.1 Å². The highest BCUT2D eigenvalue weighted by Gasteiger charge is 2.07. The number of aromatic nitrogens is 3.